The average molecular weight is 425 g/mol. The van der Waals surface area contributed by atoms with E-state index in [9.17, 15) is 18.0 Å². The van der Waals surface area contributed by atoms with Crippen LogP contribution in [0.3, 0.4) is 0 Å². The molecule has 9 heteroatoms. The Kier molecular flexibility index (Phi) is 6.92. The number of sulfonamides is 1. The zero-order valence-corrected chi connectivity index (χ0v) is 17.7. The molecule has 3 rings (SSSR count). The van der Waals surface area contributed by atoms with Crippen molar-refractivity contribution in [1.29, 1.82) is 0 Å². The maximum absolute atomic E-state index is 12.6. The van der Waals surface area contributed by atoms with Gasteiger partial charge >= 0.3 is 5.97 Å². The average Bonchev–Trinajstić information content (AvgIpc) is 2.72. The fraction of sp³-hybridized carbons (Fsp3) is 0.600. The van der Waals surface area contributed by atoms with Crippen LogP contribution in [0.5, 0.6) is 0 Å². The predicted octanol–water partition coefficient (Wildman–Crippen LogP) is 1.65. The van der Waals surface area contributed by atoms with Crippen molar-refractivity contribution >= 4 is 21.9 Å². The predicted molar refractivity (Wildman–Crippen MR) is 106 cm³/mol. The van der Waals surface area contributed by atoms with E-state index >= 15 is 0 Å². The second-order valence-corrected chi connectivity index (χ2v) is 9.48. The summed E-state index contributed by atoms with van der Waals surface area (Å²) in [5.74, 6) is -0.851. The number of hydrogen-bond acceptors (Lipinski definition) is 6. The molecular weight excluding hydrogens is 396 g/mol. The van der Waals surface area contributed by atoms with Gasteiger partial charge in [0.15, 0.2) is 6.61 Å². The summed E-state index contributed by atoms with van der Waals surface area (Å²) in [6, 6.07) is 5.86. The molecule has 1 aromatic rings. The summed E-state index contributed by atoms with van der Waals surface area (Å²) < 4.78 is 37.0. The highest BCUT2D eigenvalue weighted by atomic mass is 32.2. The van der Waals surface area contributed by atoms with Gasteiger partial charge in [0.25, 0.3) is 5.91 Å². The van der Waals surface area contributed by atoms with Crippen molar-refractivity contribution in [2.24, 2.45) is 0 Å². The fourth-order valence-electron chi connectivity index (χ4n) is 3.90. The number of benzene rings is 1. The van der Waals surface area contributed by atoms with E-state index in [2.05, 4.69) is 0 Å². The van der Waals surface area contributed by atoms with Crippen LogP contribution in [0, 0.1) is 0 Å². The van der Waals surface area contributed by atoms with Gasteiger partial charge in [0.2, 0.25) is 10.0 Å². The summed E-state index contributed by atoms with van der Waals surface area (Å²) in [7, 11) is -3.62. The SMILES string of the molecule is C[C@@H]1CCC[C@H](C)N1C(=O)COC(=O)c1ccc(S(=O)(=O)N2CCOCC2)cc1. The van der Waals surface area contributed by atoms with Crippen LogP contribution in [0.4, 0.5) is 0 Å². The molecule has 0 aromatic heterocycles. The van der Waals surface area contributed by atoms with E-state index in [0.29, 0.717) is 26.3 Å². The minimum Gasteiger partial charge on any atom is -0.452 e. The first-order valence-corrected chi connectivity index (χ1v) is 11.4. The Balaban J connectivity index is 1.59. The fourth-order valence-corrected chi connectivity index (χ4v) is 5.31. The molecule has 1 amide bonds. The Morgan fingerprint density at radius 1 is 1.07 bits per heavy atom. The summed E-state index contributed by atoms with van der Waals surface area (Å²) in [6.07, 6.45) is 2.98. The highest BCUT2D eigenvalue weighted by Gasteiger charge is 2.30. The molecule has 0 radical (unpaired) electrons. The maximum Gasteiger partial charge on any atom is 0.338 e. The summed E-state index contributed by atoms with van der Waals surface area (Å²) >= 11 is 0. The molecule has 2 aliphatic heterocycles. The number of carbonyl (C=O) groups is 2. The number of nitrogens with zero attached hydrogens (tertiary/aromatic N) is 2. The zero-order valence-electron chi connectivity index (χ0n) is 16.9. The molecule has 0 bridgehead atoms. The molecule has 2 aliphatic rings. The maximum atomic E-state index is 12.6. The number of amides is 1. The first-order chi connectivity index (χ1) is 13.8. The van der Waals surface area contributed by atoms with Crippen LogP contribution in [0.1, 0.15) is 43.5 Å². The standard InChI is InChI=1S/C20H28N2O6S/c1-15-4-3-5-16(2)22(15)19(23)14-28-20(24)17-6-8-18(9-7-17)29(25,26)21-10-12-27-13-11-21/h6-9,15-16H,3-5,10-14H2,1-2H3/t15-,16+. The van der Waals surface area contributed by atoms with E-state index in [0.717, 1.165) is 19.3 Å². The van der Waals surface area contributed by atoms with Gasteiger partial charge in [0, 0.05) is 25.2 Å². The number of ether oxygens (including phenoxy) is 2. The Labute approximate surface area is 171 Å². The molecule has 0 unspecified atom stereocenters. The van der Waals surface area contributed by atoms with Gasteiger partial charge in [-0.25, -0.2) is 13.2 Å². The zero-order chi connectivity index (χ0) is 21.0. The van der Waals surface area contributed by atoms with E-state index in [1.807, 2.05) is 13.8 Å². The summed E-state index contributed by atoms with van der Waals surface area (Å²) in [5, 5.41) is 0. The summed E-state index contributed by atoms with van der Waals surface area (Å²) in [5.41, 5.74) is 0.207. The van der Waals surface area contributed by atoms with Gasteiger partial charge in [-0.05, 0) is 57.4 Å². The van der Waals surface area contributed by atoms with Gasteiger partial charge in [-0.15, -0.1) is 0 Å². The third-order valence-corrected chi connectivity index (χ3v) is 7.42. The minimum atomic E-state index is -3.62. The number of esters is 1. The van der Waals surface area contributed by atoms with Crippen molar-refractivity contribution in [3.05, 3.63) is 29.8 Å². The molecule has 0 N–H and O–H groups in total. The Morgan fingerprint density at radius 2 is 1.66 bits per heavy atom. The molecule has 2 atom stereocenters. The number of hydrogen-bond donors (Lipinski definition) is 0. The lowest BCUT2D eigenvalue weighted by atomic mass is 9.97. The van der Waals surface area contributed by atoms with Gasteiger partial charge in [-0.2, -0.15) is 4.31 Å². The molecule has 0 spiro atoms. The second kappa shape index (κ2) is 9.23. The third kappa shape index (κ3) is 4.96. The first-order valence-electron chi connectivity index (χ1n) is 9.97. The van der Waals surface area contributed by atoms with E-state index in [1.165, 1.54) is 28.6 Å². The lowest BCUT2D eigenvalue weighted by Crippen LogP contribution is -2.49. The van der Waals surface area contributed by atoms with Crippen LogP contribution in [-0.4, -0.2) is 74.5 Å². The van der Waals surface area contributed by atoms with E-state index < -0.39 is 16.0 Å². The Morgan fingerprint density at radius 3 is 2.24 bits per heavy atom. The lowest BCUT2D eigenvalue weighted by Gasteiger charge is -2.38. The van der Waals surface area contributed by atoms with Gasteiger partial charge in [-0.3, -0.25) is 4.79 Å². The largest absolute Gasteiger partial charge is 0.452 e. The lowest BCUT2D eigenvalue weighted by molar-refractivity contribution is -0.140. The number of likely N-dealkylation sites (tertiary alicyclic amines) is 1. The first kappa shape index (κ1) is 21.7. The normalized spacial score (nSPS) is 23.6. The van der Waals surface area contributed by atoms with Crippen molar-refractivity contribution in [2.75, 3.05) is 32.9 Å². The van der Waals surface area contributed by atoms with E-state index in [4.69, 9.17) is 9.47 Å². The topological polar surface area (TPSA) is 93.2 Å². The van der Waals surface area contributed by atoms with Crippen LogP contribution in [0.25, 0.3) is 0 Å². The molecule has 29 heavy (non-hydrogen) atoms. The molecule has 2 fully saturated rings. The molecule has 2 heterocycles. The molecule has 8 nitrogen and oxygen atoms in total. The van der Waals surface area contributed by atoms with Gasteiger partial charge in [0.1, 0.15) is 0 Å². The Bertz CT molecular complexity index is 823. The summed E-state index contributed by atoms with van der Waals surface area (Å²) in [4.78, 5) is 26.7. The number of rotatable bonds is 5. The quantitative estimate of drug-likeness (QED) is 0.668. The molecule has 1 aromatic carbocycles. The van der Waals surface area contributed by atoms with Crippen LogP contribution in [0.2, 0.25) is 0 Å². The van der Waals surface area contributed by atoms with Crippen molar-refractivity contribution < 1.29 is 27.5 Å². The monoisotopic (exact) mass is 424 g/mol. The van der Waals surface area contributed by atoms with Crippen molar-refractivity contribution in [2.45, 2.75) is 50.1 Å². The van der Waals surface area contributed by atoms with Crippen molar-refractivity contribution in [3.8, 4) is 0 Å². The van der Waals surface area contributed by atoms with Crippen LogP contribution in [0.15, 0.2) is 29.2 Å². The number of morpholine rings is 1. The number of piperidine rings is 1. The molecule has 0 saturated carbocycles. The Hall–Kier alpha value is -1.97. The van der Waals surface area contributed by atoms with Crippen molar-refractivity contribution in [1.82, 2.24) is 9.21 Å². The van der Waals surface area contributed by atoms with Crippen LogP contribution in [-0.2, 0) is 24.3 Å². The van der Waals surface area contributed by atoms with Gasteiger partial charge in [-0.1, -0.05) is 0 Å². The van der Waals surface area contributed by atoms with Gasteiger partial charge < -0.3 is 14.4 Å². The molecule has 0 aliphatic carbocycles. The highest BCUT2D eigenvalue weighted by molar-refractivity contribution is 7.89. The van der Waals surface area contributed by atoms with E-state index in [-0.39, 0.29) is 35.1 Å². The molecule has 2 saturated heterocycles. The molecule has 160 valence electrons. The van der Waals surface area contributed by atoms with Crippen LogP contribution < -0.4 is 0 Å². The number of carbonyl (C=O) groups excluding carboxylic acids is 2. The third-order valence-electron chi connectivity index (χ3n) is 5.51. The van der Waals surface area contributed by atoms with Crippen LogP contribution >= 0.6 is 0 Å². The minimum absolute atomic E-state index is 0.114. The highest BCUT2D eigenvalue weighted by Crippen LogP contribution is 2.23. The van der Waals surface area contributed by atoms with Gasteiger partial charge in [0.05, 0.1) is 23.7 Å². The smallest absolute Gasteiger partial charge is 0.338 e. The molecular formula is C20H28N2O6S. The second-order valence-electron chi connectivity index (χ2n) is 7.55. The summed E-state index contributed by atoms with van der Waals surface area (Å²) in [6.45, 7) is 5.04. The van der Waals surface area contributed by atoms with E-state index in [1.54, 1.807) is 4.90 Å². The van der Waals surface area contributed by atoms with Crippen molar-refractivity contribution in [3.63, 3.8) is 0 Å².